The summed E-state index contributed by atoms with van der Waals surface area (Å²) in [6.07, 6.45) is 4.68. The van der Waals surface area contributed by atoms with Gasteiger partial charge < -0.3 is 10.2 Å². The third kappa shape index (κ3) is 7.29. The fraction of sp³-hybridized carbons (Fsp3) is 0.500. The second kappa shape index (κ2) is 12.2. The molecule has 2 aromatic carbocycles. The zero-order valence-corrected chi connectivity index (χ0v) is 19.6. The van der Waals surface area contributed by atoms with E-state index in [1.165, 1.54) is 0 Å². The molecule has 170 valence electrons. The van der Waals surface area contributed by atoms with Crippen LogP contribution in [0.3, 0.4) is 0 Å². The van der Waals surface area contributed by atoms with Crippen molar-refractivity contribution in [1.29, 1.82) is 0 Å². The smallest absolute Gasteiger partial charge is 0.313 e. The zero-order chi connectivity index (χ0) is 22.7. The molecule has 0 saturated heterocycles. The molecule has 0 aromatic heterocycles. The topological polar surface area (TPSA) is 74.6 Å². The van der Waals surface area contributed by atoms with Gasteiger partial charge in [-0.2, -0.15) is 0 Å². The number of unbranched alkanes of at least 4 members (excludes halogenated alkanes) is 2. The van der Waals surface area contributed by atoms with Crippen LogP contribution in [0.25, 0.3) is 0 Å². The molecule has 2 aromatic rings. The van der Waals surface area contributed by atoms with Crippen LogP contribution in [0.15, 0.2) is 60.7 Å². The second-order valence-corrected chi connectivity index (χ2v) is 10.5. The van der Waals surface area contributed by atoms with Gasteiger partial charge in [0.05, 0.1) is 12.0 Å². The van der Waals surface area contributed by atoms with Crippen LogP contribution in [-0.4, -0.2) is 38.5 Å². The molecule has 0 spiro atoms. The molecule has 2 rings (SSSR count). The largest absolute Gasteiger partial charge is 0.481 e. The first-order chi connectivity index (χ1) is 14.8. The highest BCUT2D eigenvalue weighted by Gasteiger charge is 2.34. The van der Waals surface area contributed by atoms with Crippen LogP contribution in [-0.2, 0) is 26.4 Å². The van der Waals surface area contributed by atoms with E-state index in [4.69, 9.17) is 0 Å². The molecule has 0 amide bonds. The molecular weight excluding hydrogens is 408 g/mol. The SMILES string of the molecule is CC(CO)(CCCCS(=O)CCCCC(C)(C(=O)O)c1ccccc1)c1ccccc1. The predicted octanol–water partition coefficient (Wildman–Crippen LogP) is 5.07. The Balaban J connectivity index is 1.71. The van der Waals surface area contributed by atoms with Crippen molar-refractivity contribution in [2.45, 2.75) is 63.2 Å². The van der Waals surface area contributed by atoms with Crippen LogP contribution in [0.5, 0.6) is 0 Å². The summed E-state index contributed by atoms with van der Waals surface area (Å²) in [6.45, 7) is 3.95. The molecule has 0 saturated carbocycles. The monoisotopic (exact) mass is 444 g/mol. The number of benzene rings is 2. The molecule has 0 radical (unpaired) electrons. The quantitative estimate of drug-likeness (QED) is 0.399. The number of rotatable bonds is 14. The fourth-order valence-corrected chi connectivity index (χ4v) is 5.21. The van der Waals surface area contributed by atoms with Gasteiger partial charge in [-0.1, -0.05) is 80.4 Å². The molecular formula is C26H36O4S. The van der Waals surface area contributed by atoms with Crippen molar-refractivity contribution < 1.29 is 19.2 Å². The Hall–Kier alpha value is -1.98. The molecule has 0 fully saturated rings. The van der Waals surface area contributed by atoms with E-state index in [1.807, 2.05) is 48.5 Å². The van der Waals surface area contributed by atoms with Crippen LogP contribution in [0, 0.1) is 0 Å². The Morgan fingerprint density at radius 2 is 1.29 bits per heavy atom. The summed E-state index contributed by atoms with van der Waals surface area (Å²) >= 11 is 0. The van der Waals surface area contributed by atoms with Crippen molar-refractivity contribution in [3.63, 3.8) is 0 Å². The van der Waals surface area contributed by atoms with Crippen LogP contribution in [0.4, 0.5) is 0 Å². The molecule has 0 aliphatic heterocycles. The molecule has 0 heterocycles. The van der Waals surface area contributed by atoms with Gasteiger partial charge in [0.15, 0.2) is 0 Å². The highest BCUT2D eigenvalue weighted by atomic mass is 32.2. The standard InChI is InChI=1S/C26H36O4S/c1-25(21-27,22-13-5-3-6-14-22)17-9-11-19-31(30)20-12-10-18-26(2,24(28)29)23-15-7-4-8-16-23/h3-8,13-16,27H,9-12,17-21H2,1-2H3,(H,28,29). The van der Waals surface area contributed by atoms with Gasteiger partial charge in [0.2, 0.25) is 0 Å². The molecule has 3 unspecified atom stereocenters. The van der Waals surface area contributed by atoms with Crippen LogP contribution in [0.1, 0.15) is 63.5 Å². The zero-order valence-electron chi connectivity index (χ0n) is 18.8. The first-order valence-electron chi connectivity index (χ1n) is 11.1. The molecule has 0 aliphatic carbocycles. The molecule has 5 heteroatoms. The number of aliphatic hydroxyl groups excluding tert-OH is 1. The van der Waals surface area contributed by atoms with E-state index in [1.54, 1.807) is 6.92 Å². The maximum Gasteiger partial charge on any atom is 0.313 e. The number of carboxylic acid groups (broad SMARTS) is 1. The van der Waals surface area contributed by atoms with Crippen LogP contribution in [0.2, 0.25) is 0 Å². The number of hydrogen-bond donors (Lipinski definition) is 2. The van der Waals surface area contributed by atoms with E-state index in [9.17, 15) is 19.2 Å². The Morgan fingerprint density at radius 3 is 1.77 bits per heavy atom. The summed E-state index contributed by atoms with van der Waals surface area (Å²) in [5.41, 5.74) is 0.781. The molecule has 31 heavy (non-hydrogen) atoms. The van der Waals surface area contributed by atoms with Crippen molar-refractivity contribution in [2.75, 3.05) is 18.1 Å². The first kappa shape index (κ1) is 25.3. The van der Waals surface area contributed by atoms with E-state index in [-0.39, 0.29) is 12.0 Å². The van der Waals surface area contributed by atoms with E-state index in [0.29, 0.717) is 17.9 Å². The average molecular weight is 445 g/mol. The Bertz CT molecular complexity index is 824. The van der Waals surface area contributed by atoms with E-state index in [2.05, 4.69) is 19.1 Å². The van der Waals surface area contributed by atoms with Crippen molar-refractivity contribution in [2.24, 2.45) is 0 Å². The first-order valence-corrected chi connectivity index (χ1v) is 12.6. The molecule has 4 nitrogen and oxygen atoms in total. The van der Waals surface area contributed by atoms with Crippen LogP contribution >= 0.6 is 0 Å². The predicted molar refractivity (Wildman–Crippen MR) is 128 cm³/mol. The normalized spacial score (nSPS) is 16.2. The number of carboxylic acids is 1. The number of aliphatic hydroxyl groups is 1. The Morgan fingerprint density at radius 1 is 0.806 bits per heavy atom. The van der Waals surface area contributed by atoms with Gasteiger partial charge in [-0.3, -0.25) is 9.00 Å². The number of aliphatic carboxylic acids is 1. The lowest BCUT2D eigenvalue weighted by Gasteiger charge is -2.28. The summed E-state index contributed by atoms with van der Waals surface area (Å²) in [5.74, 6) is 0.455. The summed E-state index contributed by atoms with van der Waals surface area (Å²) < 4.78 is 12.4. The molecule has 3 atom stereocenters. The van der Waals surface area contributed by atoms with Gasteiger partial charge >= 0.3 is 5.97 Å². The second-order valence-electron chi connectivity index (χ2n) is 8.85. The average Bonchev–Trinajstić information content (AvgIpc) is 2.80. The van der Waals surface area contributed by atoms with Gasteiger partial charge in [0, 0.05) is 27.7 Å². The van der Waals surface area contributed by atoms with Crippen molar-refractivity contribution >= 4 is 16.8 Å². The van der Waals surface area contributed by atoms with E-state index in [0.717, 1.165) is 43.2 Å². The van der Waals surface area contributed by atoms with Gasteiger partial charge in [0.1, 0.15) is 0 Å². The van der Waals surface area contributed by atoms with Gasteiger partial charge in [-0.05, 0) is 43.7 Å². The summed E-state index contributed by atoms with van der Waals surface area (Å²) in [6, 6.07) is 19.4. The summed E-state index contributed by atoms with van der Waals surface area (Å²) in [5, 5.41) is 19.6. The molecule has 0 aliphatic rings. The van der Waals surface area contributed by atoms with Gasteiger partial charge in [0.25, 0.3) is 0 Å². The summed E-state index contributed by atoms with van der Waals surface area (Å²) in [4.78, 5) is 11.9. The van der Waals surface area contributed by atoms with Gasteiger partial charge in [-0.15, -0.1) is 0 Å². The lowest BCUT2D eigenvalue weighted by atomic mass is 9.78. The third-order valence-electron chi connectivity index (χ3n) is 6.35. The van der Waals surface area contributed by atoms with E-state index >= 15 is 0 Å². The number of carbonyl (C=O) groups is 1. The van der Waals surface area contributed by atoms with Crippen molar-refractivity contribution in [1.82, 2.24) is 0 Å². The van der Waals surface area contributed by atoms with E-state index < -0.39 is 22.2 Å². The molecule has 2 N–H and O–H groups in total. The lowest BCUT2D eigenvalue weighted by molar-refractivity contribution is -0.143. The number of hydrogen-bond acceptors (Lipinski definition) is 3. The third-order valence-corrected chi connectivity index (χ3v) is 7.84. The minimum Gasteiger partial charge on any atom is -0.481 e. The van der Waals surface area contributed by atoms with Gasteiger partial charge in [-0.25, -0.2) is 0 Å². The fourth-order valence-electron chi connectivity index (χ4n) is 3.96. The highest BCUT2D eigenvalue weighted by Crippen LogP contribution is 2.30. The maximum atomic E-state index is 12.4. The minimum atomic E-state index is -0.908. The highest BCUT2D eigenvalue weighted by molar-refractivity contribution is 7.84. The van der Waals surface area contributed by atoms with Crippen molar-refractivity contribution in [3.05, 3.63) is 71.8 Å². The van der Waals surface area contributed by atoms with Crippen molar-refractivity contribution in [3.8, 4) is 0 Å². The maximum absolute atomic E-state index is 12.4. The summed E-state index contributed by atoms with van der Waals surface area (Å²) in [7, 11) is -0.888. The molecule has 0 bridgehead atoms. The van der Waals surface area contributed by atoms with Crippen LogP contribution < -0.4 is 0 Å². The minimum absolute atomic E-state index is 0.101. The lowest BCUT2D eigenvalue weighted by Crippen LogP contribution is -2.32. The Kier molecular flexibility index (Phi) is 9.92. The Labute approximate surface area is 189 Å².